The number of nitrogens with one attached hydrogen (secondary N) is 2. The van der Waals surface area contributed by atoms with Crippen molar-refractivity contribution in [2.45, 2.75) is 38.5 Å². The van der Waals surface area contributed by atoms with Crippen molar-refractivity contribution in [1.82, 2.24) is 10.2 Å². The van der Waals surface area contributed by atoms with Gasteiger partial charge in [0.05, 0.1) is 22.8 Å². The first-order valence-corrected chi connectivity index (χ1v) is 7.69. The third-order valence-electron chi connectivity index (χ3n) is 4.66. The Kier molecular flexibility index (Phi) is 3.92. The van der Waals surface area contributed by atoms with Crippen molar-refractivity contribution in [2.24, 2.45) is 11.1 Å². The van der Waals surface area contributed by atoms with Gasteiger partial charge >= 0.3 is 0 Å². The molecule has 5 nitrogen and oxygen atoms in total. The number of carbonyl (C=O) groups excluding carboxylic acids is 1. The highest BCUT2D eigenvalue weighted by molar-refractivity contribution is 6.02. The molecule has 1 aliphatic carbocycles. The second-order valence-corrected chi connectivity index (χ2v) is 5.99. The van der Waals surface area contributed by atoms with Crippen molar-refractivity contribution in [3.63, 3.8) is 0 Å². The number of nitrogens with two attached hydrogens (primary N) is 1. The minimum absolute atomic E-state index is 0.0500. The Morgan fingerprint density at radius 3 is 2.76 bits per heavy atom. The first-order chi connectivity index (χ1) is 10.2. The number of hydrogen-bond acceptors (Lipinski definition) is 3. The second kappa shape index (κ2) is 5.85. The van der Waals surface area contributed by atoms with E-state index in [1.807, 2.05) is 18.2 Å². The molecule has 4 N–H and O–H groups in total. The number of benzene rings is 1. The van der Waals surface area contributed by atoms with Crippen molar-refractivity contribution in [2.75, 3.05) is 11.9 Å². The summed E-state index contributed by atoms with van der Waals surface area (Å²) in [4.78, 5) is 12.8. The molecule has 21 heavy (non-hydrogen) atoms. The first kappa shape index (κ1) is 14.1. The van der Waals surface area contributed by atoms with Crippen molar-refractivity contribution >= 4 is 22.5 Å². The Hall–Kier alpha value is -1.88. The Balaban J connectivity index is 1.85. The van der Waals surface area contributed by atoms with Gasteiger partial charge in [-0.15, -0.1) is 0 Å². The molecule has 1 heterocycles. The van der Waals surface area contributed by atoms with Crippen LogP contribution in [0.5, 0.6) is 0 Å². The van der Waals surface area contributed by atoms with Gasteiger partial charge in [0.1, 0.15) is 0 Å². The summed E-state index contributed by atoms with van der Waals surface area (Å²) in [5.74, 6) is 0.0500. The maximum atomic E-state index is 12.8. The van der Waals surface area contributed by atoms with Gasteiger partial charge in [-0.2, -0.15) is 5.10 Å². The van der Waals surface area contributed by atoms with Crippen molar-refractivity contribution in [3.8, 4) is 0 Å². The number of carbonyl (C=O) groups is 1. The van der Waals surface area contributed by atoms with Gasteiger partial charge in [-0.05, 0) is 18.9 Å². The van der Waals surface area contributed by atoms with E-state index in [2.05, 4.69) is 15.5 Å². The van der Waals surface area contributed by atoms with Crippen LogP contribution in [0.1, 0.15) is 38.5 Å². The molecular weight excluding hydrogens is 264 g/mol. The molecule has 1 aromatic heterocycles. The highest BCUT2D eigenvalue weighted by atomic mass is 16.2. The van der Waals surface area contributed by atoms with Gasteiger partial charge in [0, 0.05) is 11.9 Å². The number of H-pyrrole nitrogens is 1. The number of hydrogen-bond donors (Lipinski definition) is 3. The van der Waals surface area contributed by atoms with Gasteiger partial charge in [0.15, 0.2) is 0 Å². The Morgan fingerprint density at radius 1 is 1.29 bits per heavy atom. The molecule has 1 amide bonds. The second-order valence-electron chi connectivity index (χ2n) is 5.99. The van der Waals surface area contributed by atoms with Gasteiger partial charge < -0.3 is 11.1 Å². The van der Waals surface area contributed by atoms with Crippen LogP contribution < -0.4 is 11.1 Å². The maximum absolute atomic E-state index is 12.8. The maximum Gasteiger partial charge on any atom is 0.231 e. The lowest BCUT2D eigenvalue weighted by Crippen LogP contribution is -2.42. The lowest BCUT2D eigenvalue weighted by molar-refractivity contribution is -0.125. The van der Waals surface area contributed by atoms with Crippen LogP contribution >= 0.6 is 0 Å². The summed E-state index contributed by atoms with van der Waals surface area (Å²) < 4.78 is 0. The average molecular weight is 286 g/mol. The number of amides is 1. The molecule has 5 heteroatoms. The fraction of sp³-hybridized carbons (Fsp3) is 0.500. The number of anilines is 1. The topological polar surface area (TPSA) is 83.8 Å². The van der Waals surface area contributed by atoms with E-state index in [-0.39, 0.29) is 5.91 Å². The first-order valence-electron chi connectivity index (χ1n) is 7.69. The van der Waals surface area contributed by atoms with E-state index in [1.165, 1.54) is 12.8 Å². The van der Waals surface area contributed by atoms with Gasteiger partial charge in [-0.25, -0.2) is 0 Å². The molecule has 0 bridgehead atoms. The Bertz CT molecular complexity index is 626. The van der Waals surface area contributed by atoms with Crippen LogP contribution in [0.3, 0.4) is 0 Å². The highest BCUT2D eigenvalue weighted by Crippen LogP contribution is 2.35. The van der Waals surface area contributed by atoms with E-state index >= 15 is 0 Å². The third-order valence-corrected chi connectivity index (χ3v) is 4.66. The summed E-state index contributed by atoms with van der Waals surface area (Å²) in [5.41, 5.74) is 7.21. The molecule has 1 saturated carbocycles. The number of aromatic nitrogens is 2. The van der Waals surface area contributed by atoms with Crippen LogP contribution in [0.15, 0.2) is 24.4 Å². The largest absolute Gasteiger partial charge is 0.329 e. The number of fused-ring (bicyclic) bond motifs is 1. The molecule has 2 aromatic rings. The molecule has 1 aromatic carbocycles. The van der Waals surface area contributed by atoms with E-state index in [9.17, 15) is 4.79 Å². The van der Waals surface area contributed by atoms with Crippen LogP contribution in [-0.2, 0) is 4.79 Å². The normalized spacial score (nSPS) is 18.3. The lowest BCUT2D eigenvalue weighted by atomic mass is 9.79. The molecule has 0 atom stereocenters. The predicted molar refractivity (Wildman–Crippen MR) is 83.9 cm³/mol. The predicted octanol–water partition coefficient (Wildman–Crippen LogP) is 2.80. The molecule has 0 saturated heterocycles. The number of nitrogens with zero attached hydrogens (tertiary/aromatic N) is 1. The zero-order chi connectivity index (χ0) is 14.7. The minimum Gasteiger partial charge on any atom is -0.329 e. The SMILES string of the molecule is NCC1(C(=O)Nc2cccc3cn[nH]c23)CCCCCC1. The zero-order valence-corrected chi connectivity index (χ0v) is 12.2. The molecule has 3 rings (SSSR count). The Labute approximate surface area is 124 Å². The molecule has 1 aliphatic rings. The van der Waals surface area contributed by atoms with E-state index in [0.29, 0.717) is 6.54 Å². The van der Waals surface area contributed by atoms with Crippen LogP contribution in [0, 0.1) is 5.41 Å². The smallest absolute Gasteiger partial charge is 0.231 e. The quantitative estimate of drug-likeness (QED) is 0.759. The van der Waals surface area contributed by atoms with Gasteiger partial charge in [-0.3, -0.25) is 9.89 Å². The van der Waals surface area contributed by atoms with Gasteiger partial charge in [-0.1, -0.05) is 37.8 Å². The number of rotatable bonds is 3. The van der Waals surface area contributed by atoms with Gasteiger partial charge in [0.25, 0.3) is 0 Å². The van der Waals surface area contributed by atoms with Gasteiger partial charge in [0.2, 0.25) is 5.91 Å². The Morgan fingerprint density at radius 2 is 2.05 bits per heavy atom. The van der Waals surface area contributed by atoms with E-state index in [0.717, 1.165) is 42.3 Å². The van der Waals surface area contributed by atoms with Crippen molar-refractivity contribution in [1.29, 1.82) is 0 Å². The van der Waals surface area contributed by atoms with Crippen LogP contribution in [-0.4, -0.2) is 22.6 Å². The van der Waals surface area contributed by atoms with E-state index < -0.39 is 5.41 Å². The lowest BCUT2D eigenvalue weighted by Gasteiger charge is -2.29. The fourth-order valence-electron chi connectivity index (χ4n) is 3.26. The summed E-state index contributed by atoms with van der Waals surface area (Å²) in [7, 11) is 0. The molecule has 1 fully saturated rings. The molecular formula is C16H22N4O. The van der Waals surface area contributed by atoms with Crippen LogP contribution in [0.4, 0.5) is 5.69 Å². The van der Waals surface area contributed by atoms with E-state index in [4.69, 9.17) is 5.73 Å². The van der Waals surface area contributed by atoms with E-state index in [1.54, 1.807) is 6.20 Å². The van der Waals surface area contributed by atoms with Crippen LogP contribution in [0.2, 0.25) is 0 Å². The average Bonchev–Trinajstić information content (AvgIpc) is 2.85. The number of para-hydroxylation sites is 1. The van der Waals surface area contributed by atoms with Crippen molar-refractivity contribution < 1.29 is 4.79 Å². The number of aromatic amines is 1. The summed E-state index contributed by atoms with van der Waals surface area (Å²) in [6.07, 6.45) is 8.09. The standard InChI is InChI=1S/C16H22N4O/c17-11-16(8-3-1-2-4-9-16)15(21)19-13-7-5-6-12-10-18-20-14(12)13/h5-7,10H,1-4,8-9,11,17H2,(H,18,20)(H,19,21). The molecule has 112 valence electrons. The summed E-state index contributed by atoms with van der Waals surface area (Å²) >= 11 is 0. The summed E-state index contributed by atoms with van der Waals surface area (Å²) in [6.45, 7) is 0.414. The zero-order valence-electron chi connectivity index (χ0n) is 12.2. The molecule has 0 radical (unpaired) electrons. The summed E-state index contributed by atoms with van der Waals surface area (Å²) in [6, 6.07) is 5.80. The monoisotopic (exact) mass is 286 g/mol. The third kappa shape index (κ3) is 2.65. The molecule has 0 spiro atoms. The molecule has 0 aliphatic heterocycles. The fourth-order valence-corrected chi connectivity index (χ4v) is 3.26. The van der Waals surface area contributed by atoms with Crippen molar-refractivity contribution in [3.05, 3.63) is 24.4 Å². The minimum atomic E-state index is -0.418. The van der Waals surface area contributed by atoms with Crippen LogP contribution in [0.25, 0.3) is 10.9 Å². The molecule has 0 unspecified atom stereocenters. The highest BCUT2D eigenvalue weighted by Gasteiger charge is 2.37. The summed E-state index contributed by atoms with van der Waals surface area (Å²) in [5, 5.41) is 11.0.